The molecule has 0 saturated carbocycles. The normalized spacial score (nSPS) is 15.9. The Morgan fingerprint density at radius 2 is 1.86 bits per heavy atom. The number of imidazole rings is 1. The third-order valence-corrected chi connectivity index (χ3v) is 4.18. The molecule has 0 unspecified atom stereocenters. The van der Waals surface area contributed by atoms with E-state index in [0.717, 1.165) is 32.5 Å². The van der Waals surface area contributed by atoms with E-state index in [9.17, 15) is 4.79 Å². The largest absolute Gasteiger partial charge is 0.274 e. The lowest BCUT2D eigenvalue weighted by molar-refractivity contribution is 0.0935. The first kappa shape index (κ1) is 12.5. The Bertz CT molecular complexity index is 891. The molecule has 0 saturated heterocycles. The maximum absolute atomic E-state index is 12.3. The predicted molar refractivity (Wildman–Crippen MR) is 87.0 cm³/mol. The lowest BCUT2D eigenvalue weighted by atomic mass is 10.1. The van der Waals surface area contributed by atoms with Crippen LogP contribution in [0.25, 0.3) is 22.7 Å². The van der Waals surface area contributed by atoms with E-state index in [1.54, 1.807) is 4.57 Å². The van der Waals surface area contributed by atoms with Crippen molar-refractivity contribution >= 4 is 44.5 Å². The van der Waals surface area contributed by atoms with Crippen LogP contribution < -0.4 is 0 Å². The van der Waals surface area contributed by atoms with Gasteiger partial charge in [-0.1, -0.05) is 40.2 Å². The lowest BCUT2D eigenvalue weighted by Crippen LogP contribution is -2.02. The Labute approximate surface area is 130 Å². The molecule has 0 amide bonds. The van der Waals surface area contributed by atoms with Gasteiger partial charge >= 0.3 is 0 Å². The minimum atomic E-state index is 0.0852. The molecule has 2 heterocycles. The molecular weight excluding hydrogens is 328 g/mol. The molecule has 0 bridgehead atoms. The summed E-state index contributed by atoms with van der Waals surface area (Å²) in [5.41, 5.74) is 3.79. The van der Waals surface area contributed by atoms with E-state index in [0.29, 0.717) is 6.42 Å². The van der Waals surface area contributed by atoms with Crippen molar-refractivity contribution in [1.82, 2.24) is 9.55 Å². The fraction of sp³-hybridized carbons (Fsp3) is 0.0588. The van der Waals surface area contributed by atoms with Gasteiger partial charge in [0.25, 0.3) is 0 Å². The smallest absolute Gasteiger partial charge is 0.237 e. The van der Waals surface area contributed by atoms with Crippen molar-refractivity contribution in [1.29, 1.82) is 0 Å². The van der Waals surface area contributed by atoms with E-state index in [2.05, 4.69) is 20.9 Å². The van der Waals surface area contributed by atoms with Crippen molar-refractivity contribution in [3.05, 3.63) is 64.4 Å². The third kappa shape index (κ3) is 2.03. The van der Waals surface area contributed by atoms with E-state index in [1.807, 2.05) is 54.6 Å². The van der Waals surface area contributed by atoms with Gasteiger partial charge in [0.2, 0.25) is 5.91 Å². The van der Waals surface area contributed by atoms with Crippen LogP contribution in [-0.2, 0) is 0 Å². The number of carbonyl (C=O) groups excluding carboxylic acids is 1. The van der Waals surface area contributed by atoms with Crippen molar-refractivity contribution in [3.63, 3.8) is 0 Å². The van der Waals surface area contributed by atoms with Gasteiger partial charge < -0.3 is 0 Å². The molecule has 0 atom stereocenters. The van der Waals surface area contributed by atoms with Crippen molar-refractivity contribution in [2.45, 2.75) is 6.42 Å². The average molecular weight is 339 g/mol. The van der Waals surface area contributed by atoms with Crippen LogP contribution in [0.5, 0.6) is 0 Å². The molecule has 1 aliphatic heterocycles. The molecule has 3 aromatic rings. The summed E-state index contributed by atoms with van der Waals surface area (Å²) in [6, 6.07) is 15.8. The zero-order valence-electron chi connectivity index (χ0n) is 11.1. The number of aromatic nitrogens is 2. The topological polar surface area (TPSA) is 34.9 Å². The number of hydrogen-bond donors (Lipinski definition) is 0. The maximum atomic E-state index is 12.3. The van der Waals surface area contributed by atoms with E-state index in [-0.39, 0.29) is 5.91 Å². The Morgan fingerprint density at radius 1 is 1.10 bits per heavy atom. The van der Waals surface area contributed by atoms with Gasteiger partial charge in [-0.25, -0.2) is 4.98 Å². The highest BCUT2D eigenvalue weighted by atomic mass is 79.9. The van der Waals surface area contributed by atoms with Crippen LogP contribution in [0.1, 0.15) is 22.6 Å². The zero-order valence-corrected chi connectivity index (χ0v) is 12.7. The van der Waals surface area contributed by atoms with Crippen LogP contribution in [-0.4, -0.2) is 15.5 Å². The van der Waals surface area contributed by atoms with Gasteiger partial charge in [-0.2, -0.15) is 0 Å². The molecule has 102 valence electrons. The fourth-order valence-electron chi connectivity index (χ4n) is 2.69. The number of halogens is 1. The standard InChI is InChI=1S/C17H11BrN2O/c18-13-7-5-11(6-8-13)9-12-10-16(21)20-15-4-2-1-3-14(15)19-17(12)20/h1-9H,10H2. The first-order chi connectivity index (χ1) is 10.2. The van der Waals surface area contributed by atoms with Crippen molar-refractivity contribution in [2.75, 3.05) is 0 Å². The Balaban J connectivity index is 1.88. The molecule has 1 aliphatic rings. The monoisotopic (exact) mass is 338 g/mol. The summed E-state index contributed by atoms with van der Waals surface area (Å²) in [4.78, 5) is 16.9. The second-order valence-electron chi connectivity index (χ2n) is 5.05. The van der Waals surface area contributed by atoms with Crippen LogP contribution in [0.3, 0.4) is 0 Å². The zero-order chi connectivity index (χ0) is 14.4. The molecule has 0 fully saturated rings. The molecule has 4 heteroatoms. The number of fused-ring (bicyclic) bond motifs is 3. The molecule has 0 N–H and O–H groups in total. The van der Waals surface area contributed by atoms with E-state index in [1.165, 1.54) is 0 Å². The number of para-hydroxylation sites is 2. The van der Waals surface area contributed by atoms with E-state index >= 15 is 0 Å². The Kier molecular flexibility index (Phi) is 2.79. The molecule has 21 heavy (non-hydrogen) atoms. The van der Waals surface area contributed by atoms with Crippen LogP contribution in [0, 0.1) is 0 Å². The summed E-state index contributed by atoms with van der Waals surface area (Å²) in [5, 5.41) is 0. The Morgan fingerprint density at radius 3 is 2.67 bits per heavy atom. The summed E-state index contributed by atoms with van der Waals surface area (Å²) in [7, 11) is 0. The van der Waals surface area contributed by atoms with Gasteiger partial charge in [0, 0.05) is 10.0 Å². The number of rotatable bonds is 1. The Hall–Kier alpha value is -2.20. The molecule has 4 rings (SSSR count). The number of allylic oxidation sites excluding steroid dienone is 1. The van der Waals surface area contributed by atoms with Crippen LogP contribution in [0.2, 0.25) is 0 Å². The number of nitrogens with zero attached hydrogens (tertiary/aromatic N) is 2. The molecule has 0 radical (unpaired) electrons. The SMILES string of the molecule is O=C1CC(=Cc2ccc(Br)cc2)c2nc3ccccc3n21. The summed E-state index contributed by atoms with van der Waals surface area (Å²) in [6.07, 6.45) is 2.44. The van der Waals surface area contributed by atoms with Crippen LogP contribution in [0.15, 0.2) is 53.0 Å². The summed E-state index contributed by atoms with van der Waals surface area (Å²) < 4.78 is 2.76. The predicted octanol–water partition coefficient (Wildman–Crippen LogP) is 4.38. The fourth-order valence-corrected chi connectivity index (χ4v) is 2.95. The van der Waals surface area contributed by atoms with Gasteiger partial charge in [-0.3, -0.25) is 9.36 Å². The molecule has 2 aromatic carbocycles. The highest BCUT2D eigenvalue weighted by Gasteiger charge is 2.27. The number of hydrogen-bond acceptors (Lipinski definition) is 2. The summed E-state index contributed by atoms with van der Waals surface area (Å²) in [6.45, 7) is 0. The second-order valence-corrected chi connectivity index (χ2v) is 5.97. The number of benzene rings is 2. The molecule has 3 nitrogen and oxygen atoms in total. The lowest BCUT2D eigenvalue weighted by Gasteiger charge is -1.97. The highest BCUT2D eigenvalue weighted by molar-refractivity contribution is 9.10. The number of carbonyl (C=O) groups is 1. The molecular formula is C17H11BrN2O. The molecule has 0 aliphatic carbocycles. The maximum Gasteiger partial charge on any atom is 0.237 e. The first-order valence-corrected chi connectivity index (χ1v) is 7.49. The first-order valence-electron chi connectivity index (χ1n) is 6.69. The van der Waals surface area contributed by atoms with E-state index in [4.69, 9.17) is 0 Å². The van der Waals surface area contributed by atoms with Gasteiger partial charge in [0.1, 0.15) is 5.82 Å². The molecule has 1 aromatic heterocycles. The van der Waals surface area contributed by atoms with Crippen molar-refractivity contribution in [3.8, 4) is 0 Å². The summed E-state index contributed by atoms with van der Waals surface area (Å²) in [5.74, 6) is 0.853. The van der Waals surface area contributed by atoms with E-state index < -0.39 is 0 Å². The molecule has 0 spiro atoms. The quantitative estimate of drug-likeness (QED) is 0.659. The average Bonchev–Trinajstić information content (AvgIpc) is 3.00. The van der Waals surface area contributed by atoms with Gasteiger partial charge in [0.05, 0.1) is 17.5 Å². The minimum Gasteiger partial charge on any atom is -0.274 e. The summed E-state index contributed by atoms with van der Waals surface area (Å²) >= 11 is 3.43. The van der Waals surface area contributed by atoms with Gasteiger partial charge in [-0.15, -0.1) is 0 Å². The van der Waals surface area contributed by atoms with Gasteiger partial charge in [-0.05, 0) is 35.9 Å². The highest BCUT2D eigenvalue weighted by Crippen LogP contribution is 2.32. The minimum absolute atomic E-state index is 0.0852. The third-order valence-electron chi connectivity index (χ3n) is 3.65. The van der Waals surface area contributed by atoms with Crippen LogP contribution in [0.4, 0.5) is 0 Å². The second kappa shape index (κ2) is 4.67. The van der Waals surface area contributed by atoms with Crippen LogP contribution >= 0.6 is 15.9 Å². The van der Waals surface area contributed by atoms with Crippen molar-refractivity contribution < 1.29 is 4.79 Å². The van der Waals surface area contributed by atoms with Gasteiger partial charge in [0.15, 0.2) is 0 Å². The van der Waals surface area contributed by atoms with Crippen molar-refractivity contribution in [2.24, 2.45) is 0 Å².